The molecule has 1 aliphatic rings. The van der Waals surface area contributed by atoms with E-state index >= 15 is 0 Å². The van der Waals surface area contributed by atoms with Crippen LogP contribution >= 0.6 is 0 Å². The topological polar surface area (TPSA) is 35.5 Å². The predicted octanol–water partition coefficient (Wildman–Crippen LogP) is 2.65. The lowest BCUT2D eigenvalue weighted by Gasteiger charge is -2.22. The van der Waals surface area contributed by atoms with E-state index in [1.807, 2.05) is 31.2 Å². The van der Waals surface area contributed by atoms with Crippen molar-refractivity contribution in [1.29, 1.82) is 0 Å². The van der Waals surface area contributed by atoms with Gasteiger partial charge in [0.15, 0.2) is 0 Å². The molecule has 0 aliphatic carbocycles. The number of hydrogen-bond donors (Lipinski definition) is 0. The minimum Gasteiger partial charge on any atom is -0.463 e. The Kier molecular flexibility index (Phi) is 4.76. The SMILES string of the molecule is Cc1cccc(CC(=O)OCC2CCCCO2)c1. The highest BCUT2D eigenvalue weighted by Crippen LogP contribution is 2.13. The molecule has 0 aromatic heterocycles. The van der Waals surface area contributed by atoms with Gasteiger partial charge in [-0.2, -0.15) is 0 Å². The molecule has 98 valence electrons. The molecule has 0 N–H and O–H groups in total. The van der Waals surface area contributed by atoms with E-state index in [4.69, 9.17) is 9.47 Å². The molecule has 1 aromatic rings. The van der Waals surface area contributed by atoms with Crippen molar-refractivity contribution in [2.24, 2.45) is 0 Å². The minimum atomic E-state index is -0.172. The molecule has 3 nitrogen and oxygen atoms in total. The van der Waals surface area contributed by atoms with Crippen LogP contribution in [0, 0.1) is 6.92 Å². The lowest BCUT2D eigenvalue weighted by molar-refractivity contribution is -0.148. The first-order valence-electron chi connectivity index (χ1n) is 6.57. The molecule has 1 fully saturated rings. The first kappa shape index (κ1) is 13.1. The smallest absolute Gasteiger partial charge is 0.310 e. The van der Waals surface area contributed by atoms with Crippen LogP contribution in [0.2, 0.25) is 0 Å². The molecule has 1 aliphatic heterocycles. The first-order valence-corrected chi connectivity index (χ1v) is 6.57. The lowest BCUT2D eigenvalue weighted by Crippen LogP contribution is -2.26. The summed E-state index contributed by atoms with van der Waals surface area (Å²) in [6, 6.07) is 7.94. The van der Waals surface area contributed by atoms with Gasteiger partial charge in [-0.05, 0) is 31.7 Å². The van der Waals surface area contributed by atoms with Crippen LogP contribution in [0.3, 0.4) is 0 Å². The quantitative estimate of drug-likeness (QED) is 0.768. The molecule has 0 spiro atoms. The molecule has 1 atom stereocenters. The maximum atomic E-state index is 11.7. The fourth-order valence-corrected chi connectivity index (χ4v) is 2.16. The van der Waals surface area contributed by atoms with E-state index in [1.165, 1.54) is 6.42 Å². The maximum absolute atomic E-state index is 11.7. The van der Waals surface area contributed by atoms with E-state index in [1.54, 1.807) is 0 Å². The van der Waals surface area contributed by atoms with Crippen LogP contribution in [-0.2, 0) is 20.7 Å². The third-order valence-electron chi connectivity index (χ3n) is 3.14. The fraction of sp³-hybridized carbons (Fsp3) is 0.533. The molecule has 1 unspecified atom stereocenters. The fourth-order valence-electron chi connectivity index (χ4n) is 2.16. The van der Waals surface area contributed by atoms with Gasteiger partial charge in [0.05, 0.1) is 12.5 Å². The van der Waals surface area contributed by atoms with Crippen LogP contribution in [0.1, 0.15) is 30.4 Å². The molecule has 18 heavy (non-hydrogen) atoms. The minimum absolute atomic E-state index is 0.0974. The van der Waals surface area contributed by atoms with Crippen molar-refractivity contribution in [3.8, 4) is 0 Å². The van der Waals surface area contributed by atoms with Crippen molar-refractivity contribution in [1.82, 2.24) is 0 Å². The van der Waals surface area contributed by atoms with Gasteiger partial charge >= 0.3 is 5.97 Å². The van der Waals surface area contributed by atoms with E-state index in [0.29, 0.717) is 13.0 Å². The van der Waals surface area contributed by atoms with Crippen LogP contribution in [0.25, 0.3) is 0 Å². The van der Waals surface area contributed by atoms with E-state index in [0.717, 1.165) is 30.6 Å². The van der Waals surface area contributed by atoms with Crippen molar-refractivity contribution in [2.75, 3.05) is 13.2 Å². The molecule has 0 amide bonds. The second-order valence-corrected chi connectivity index (χ2v) is 4.84. The zero-order chi connectivity index (χ0) is 12.8. The molecular formula is C15H20O3. The first-order chi connectivity index (χ1) is 8.74. The standard InChI is InChI=1S/C15H20O3/c1-12-5-4-6-13(9-12)10-15(16)18-11-14-7-2-3-8-17-14/h4-6,9,14H,2-3,7-8,10-11H2,1H3. The van der Waals surface area contributed by atoms with E-state index in [2.05, 4.69) is 0 Å². The van der Waals surface area contributed by atoms with Gasteiger partial charge in [-0.25, -0.2) is 0 Å². The van der Waals surface area contributed by atoms with Gasteiger partial charge in [0.2, 0.25) is 0 Å². The summed E-state index contributed by atoms with van der Waals surface area (Å²) in [5.41, 5.74) is 2.17. The molecule has 1 aromatic carbocycles. The summed E-state index contributed by atoms with van der Waals surface area (Å²) in [6.45, 7) is 3.20. The average Bonchev–Trinajstić information content (AvgIpc) is 2.38. The number of ether oxygens (including phenoxy) is 2. The van der Waals surface area contributed by atoms with Gasteiger partial charge in [0.25, 0.3) is 0 Å². The Morgan fingerprint density at radius 3 is 3.06 bits per heavy atom. The number of carbonyl (C=O) groups is 1. The highest BCUT2D eigenvalue weighted by atomic mass is 16.6. The van der Waals surface area contributed by atoms with Crippen molar-refractivity contribution < 1.29 is 14.3 Å². The summed E-state index contributed by atoms with van der Waals surface area (Å²) in [5, 5.41) is 0. The van der Waals surface area contributed by atoms with Gasteiger partial charge in [-0.1, -0.05) is 29.8 Å². The maximum Gasteiger partial charge on any atom is 0.310 e. The normalized spacial score (nSPS) is 19.5. The Morgan fingerprint density at radius 1 is 1.44 bits per heavy atom. The van der Waals surface area contributed by atoms with Crippen molar-refractivity contribution in [2.45, 2.75) is 38.7 Å². The summed E-state index contributed by atoms with van der Waals surface area (Å²) in [4.78, 5) is 11.7. The van der Waals surface area contributed by atoms with Gasteiger partial charge in [0, 0.05) is 6.61 Å². The largest absolute Gasteiger partial charge is 0.463 e. The molecule has 0 bridgehead atoms. The van der Waals surface area contributed by atoms with Crippen LogP contribution in [0.4, 0.5) is 0 Å². The lowest BCUT2D eigenvalue weighted by atomic mass is 10.1. The number of hydrogen-bond acceptors (Lipinski definition) is 3. The van der Waals surface area contributed by atoms with Crippen molar-refractivity contribution >= 4 is 5.97 Å². The molecule has 3 heteroatoms. The molecule has 0 saturated carbocycles. The van der Waals surface area contributed by atoms with Crippen LogP contribution in [0.15, 0.2) is 24.3 Å². The number of rotatable bonds is 4. The molecule has 1 heterocycles. The molecule has 2 rings (SSSR count). The van der Waals surface area contributed by atoms with Gasteiger partial charge < -0.3 is 9.47 Å². The summed E-state index contributed by atoms with van der Waals surface area (Å²) in [6.07, 6.45) is 3.72. The van der Waals surface area contributed by atoms with E-state index in [-0.39, 0.29) is 12.1 Å². The monoisotopic (exact) mass is 248 g/mol. The summed E-state index contributed by atoms with van der Waals surface area (Å²) >= 11 is 0. The second kappa shape index (κ2) is 6.55. The predicted molar refractivity (Wildman–Crippen MR) is 69.4 cm³/mol. The van der Waals surface area contributed by atoms with Gasteiger partial charge in [-0.3, -0.25) is 4.79 Å². The Morgan fingerprint density at radius 2 is 2.33 bits per heavy atom. The summed E-state index contributed by atoms with van der Waals surface area (Å²) in [5.74, 6) is -0.172. The van der Waals surface area contributed by atoms with Crippen molar-refractivity contribution in [3.63, 3.8) is 0 Å². The Hall–Kier alpha value is -1.35. The Balaban J connectivity index is 1.74. The highest BCUT2D eigenvalue weighted by Gasteiger charge is 2.16. The number of esters is 1. The summed E-state index contributed by atoms with van der Waals surface area (Å²) < 4.78 is 10.8. The zero-order valence-corrected chi connectivity index (χ0v) is 10.9. The third-order valence-corrected chi connectivity index (χ3v) is 3.14. The number of carbonyl (C=O) groups excluding carboxylic acids is 1. The summed E-state index contributed by atoms with van der Waals surface area (Å²) in [7, 11) is 0. The zero-order valence-electron chi connectivity index (χ0n) is 10.9. The number of aryl methyl sites for hydroxylation is 1. The Labute approximate surface area is 108 Å². The third kappa shape index (κ3) is 4.15. The van der Waals surface area contributed by atoms with Gasteiger partial charge in [0.1, 0.15) is 6.61 Å². The van der Waals surface area contributed by atoms with E-state index in [9.17, 15) is 4.79 Å². The average molecular weight is 248 g/mol. The van der Waals surface area contributed by atoms with E-state index < -0.39 is 0 Å². The molecule has 0 radical (unpaired) electrons. The molecule has 1 saturated heterocycles. The van der Waals surface area contributed by atoms with Gasteiger partial charge in [-0.15, -0.1) is 0 Å². The Bertz CT molecular complexity index is 394. The number of benzene rings is 1. The molecular weight excluding hydrogens is 228 g/mol. The second-order valence-electron chi connectivity index (χ2n) is 4.84. The van der Waals surface area contributed by atoms with Crippen LogP contribution < -0.4 is 0 Å². The van der Waals surface area contributed by atoms with Crippen LogP contribution in [0.5, 0.6) is 0 Å². The van der Waals surface area contributed by atoms with Crippen molar-refractivity contribution in [3.05, 3.63) is 35.4 Å². The van der Waals surface area contributed by atoms with Crippen LogP contribution in [-0.4, -0.2) is 25.3 Å². The highest BCUT2D eigenvalue weighted by molar-refractivity contribution is 5.72.